The van der Waals surface area contributed by atoms with E-state index in [1.54, 1.807) is 6.08 Å². The molecule has 3 N–H and O–H groups in total. The summed E-state index contributed by atoms with van der Waals surface area (Å²) >= 11 is 0. The average Bonchev–Trinajstić information content (AvgIpc) is 3.66. The number of aliphatic hydroxyl groups is 2. The molecule has 2 aliphatic rings. The van der Waals surface area contributed by atoms with Crippen LogP contribution in [0, 0.1) is 33.8 Å². The monoisotopic (exact) mass is 558 g/mol. The number of carbonyl (C=O) groups excluding carboxylic acids is 2. The summed E-state index contributed by atoms with van der Waals surface area (Å²) in [5, 5.41) is 33.6. The molecule has 0 aliphatic heterocycles. The van der Waals surface area contributed by atoms with Crippen molar-refractivity contribution >= 4 is 11.9 Å². The number of benzene rings is 1. The van der Waals surface area contributed by atoms with E-state index in [1.165, 1.54) is 0 Å². The number of unbranched alkanes of at least 4 members (excludes halogenated alkanes) is 1. The maximum absolute atomic E-state index is 12.8. The van der Waals surface area contributed by atoms with Crippen molar-refractivity contribution in [1.29, 1.82) is 0 Å². The Labute approximate surface area is 235 Å². The Morgan fingerprint density at radius 1 is 1.18 bits per heavy atom. The molecule has 0 saturated heterocycles. The van der Waals surface area contributed by atoms with Crippen molar-refractivity contribution in [1.82, 2.24) is 5.32 Å². The zero-order valence-corrected chi connectivity index (χ0v) is 23.1. The van der Waals surface area contributed by atoms with Crippen LogP contribution in [-0.2, 0) is 25.6 Å². The predicted octanol–water partition coefficient (Wildman–Crippen LogP) is 3.54. The van der Waals surface area contributed by atoms with Gasteiger partial charge in [-0.15, -0.1) is 10.1 Å². The van der Waals surface area contributed by atoms with Crippen LogP contribution in [0.2, 0.25) is 0 Å². The fourth-order valence-corrected chi connectivity index (χ4v) is 5.26. The van der Waals surface area contributed by atoms with Crippen molar-refractivity contribution in [2.45, 2.75) is 76.6 Å². The van der Waals surface area contributed by atoms with Gasteiger partial charge in [0, 0.05) is 25.3 Å². The quantitative estimate of drug-likeness (QED) is 0.0865. The first-order chi connectivity index (χ1) is 19.3. The van der Waals surface area contributed by atoms with Crippen molar-refractivity contribution in [3.05, 3.63) is 70.3 Å². The molecule has 2 saturated carbocycles. The Morgan fingerprint density at radius 2 is 1.95 bits per heavy atom. The highest BCUT2D eigenvalue weighted by atomic mass is 16.9. The van der Waals surface area contributed by atoms with E-state index < -0.39 is 35.3 Å². The summed E-state index contributed by atoms with van der Waals surface area (Å²) in [5.74, 6) is -1.48. The van der Waals surface area contributed by atoms with Crippen molar-refractivity contribution in [2.75, 3.05) is 13.2 Å². The molecule has 2 fully saturated rings. The normalized spacial score (nSPS) is 26.6. The third-order valence-electron chi connectivity index (χ3n) is 7.63. The van der Waals surface area contributed by atoms with Gasteiger partial charge in [0.2, 0.25) is 5.91 Å². The number of carbonyl (C=O) groups is 2. The highest BCUT2D eigenvalue weighted by Crippen LogP contribution is 2.40. The van der Waals surface area contributed by atoms with E-state index >= 15 is 0 Å². The molecule has 1 aromatic rings. The molecule has 40 heavy (non-hydrogen) atoms. The highest BCUT2D eigenvalue weighted by Gasteiger charge is 2.45. The summed E-state index contributed by atoms with van der Waals surface area (Å²) in [7, 11) is 0. The van der Waals surface area contributed by atoms with E-state index in [2.05, 4.69) is 10.2 Å². The maximum atomic E-state index is 12.8. The summed E-state index contributed by atoms with van der Waals surface area (Å²) in [6.07, 6.45) is 10.3. The van der Waals surface area contributed by atoms with Gasteiger partial charge in [0.05, 0.1) is 18.1 Å². The lowest BCUT2D eigenvalue weighted by Gasteiger charge is -2.21. The van der Waals surface area contributed by atoms with Crippen LogP contribution in [0.5, 0.6) is 0 Å². The first-order valence-electron chi connectivity index (χ1n) is 14.3. The molecule has 2 aliphatic carbocycles. The van der Waals surface area contributed by atoms with Crippen LogP contribution in [0.4, 0.5) is 0 Å². The van der Waals surface area contributed by atoms with E-state index in [0.717, 1.165) is 18.4 Å². The fourth-order valence-electron chi connectivity index (χ4n) is 5.26. The number of ether oxygens (including phenoxy) is 1. The summed E-state index contributed by atoms with van der Waals surface area (Å²) < 4.78 is 5.81. The second kappa shape index (κ2) is 16.1. The molecule has 0 unspecified atom stereocenters. The van der Waals surface area contributed by atoms with E-state index in [0.29, 0.717) is 38.6 Å². The van der Waals surface area contributed by atoms with Crippen molar-refractivity contribution in [2.24, 2.45) is 23.7 Å². The number of aliphatic hydroxyl groups excluding tert-OH is 2. The molecule has 1 aromatic carbocycles. The van der Waals surface area contributed by atoms with Gasteiger partial charge in [-0.25, -0.2) is 0 Å². The number of rotatable bonds is 17. The standard InChI is InChI=1S/C30H42N2O8/c1-2-31-29(35)13-9-4-3-8-12-24-25(28(34)19-27(24)33)17-16-23(15-14-21-10-6-5-7-11-21)40-30(36)26-18-22(26)20-39-32(37)38/h3,5-8,10-11,16-17,22-28,33-34H,2,4,9,12-15,18-20H2,1H3,(H,31,35)/b8-3-,17-16+/t22-,23-,24+,25+,26+,27-,28+/m0/s1. The molecule has 0 heterocycles. The summed E-state index contributed by atoms with van der Waals surface area (Å²) in [4.78, 5) is 39.2. The smallest absolute Gasteiger partial charge is 0.309 e. The van der Waals surface area contributed by atoms with Crippen molar-refractivity contribution < 1.29 is 34.5 Å². The number of nitrogens with one attached hydrogen (secondary N) is 1. The number of nitrogens with zero attached hydrogens (tertiary/aromatic N) is 1. The number of aryl methyl sites for hydroxylation is 1. The van der Waals surface area contributed by atoms with Crippen LogP contribution in [0.3, 0.4) is 0 Å². The second-order valence-corrected chi connectivity index (χ2v) is 10.7. The number of allylic oxidation sites excluding steroid dienone is 2. The molecule has 220 valence electrons. The summed E-state index contributed by atoms with van der Waals surface area (Å²) in [6, 6.07) is 9.84. The van der Waals surface area contributed by atoms with E-state index in [-0.39, 0.29) is 36.7 Å². The first-order valence-corrected chi connectivity index (χ1v) is 14.3. The third-order valence-corrected chi connectivity index (χ3v) is 7.63. The zero-order chi connectivity index (χ0) is 28.9. The number of amides is 1. The van der Waals surface area contributed by atoms with Crippen LogP contribution in [0.15, 0.2) is 54.6 Å². The van der Waals surface area contributed by atoms with Gasteiger partial charge in [-0.3, -0.25) is 9.59 Å². The number of hydrogen-bond donors (Lipinski definition) is 3. The van der Waals surface area contributed by atoms with E-state index in [4.69, 9.17) is 4.74 Å². The minimum atomic E-state index is -0.856. The molecule has 10 nitrogen and oxygen atoms in total. The minimum absolute atomic E-state index is 0.0417. The third kappa shape index (κ3) is 10.4. The topological polar surface area (TPSA) is 148 Å². The molecule has 3 rings (SSSR count). The molecule has 0 radical (unpaired) electrons. The van der Waals surface area contributed by atoms with Gasteiger partial charge in [0.25, 0.3) is 5.09 Å². The Hall–Kier alpha value is -3.24. The Bertz CT molecular complexity index is 1010. The van der Waals surface area contributed by atoms with Gasteiger partial charge in [0.15, 0.2) is 0 Å². The molecule has 1 amide bonds. The van der Waals surface area contributed by atoms with Gasteiger partial charge < -0.3 is 25.1 Å². The Balaban J connectivity index is 1.58. The molecule has 0 aromatic heterocycles. The lowest BCUT2D eigenvalue weighted by atomic mass is 9.89. The van der Waals surface area contributed by atoms with Gasteiger partial charge in [-0.05, 0) is 68.9 Å². The van der Waals surface area contributed by atoms with Gasteiger partial charge >= 0.3 is 5.97 Å². The molecular formula is C30H42N2O8. The van der Waals surface area contributed by atoms with Gasteiger partial charge in [-0.2, -0.15) is 0 Å². The molecule has 7 atom stereocenters. The molecule has 10 heteroatoms. The number of hydrogen-bond acceptors (Lipinski definition) is 8. The first kappa shape index (κ1) is 31.3. The van der Waals surface area contributed by atoms with Gasteiger partial charge in [-0.1, -0.05) is 48.6 Å². The summed E-state index contributed by atoms with van der Waals surface area (Å²) in [5.41, 5.74) is 1.10. The Kier molecular flexibility index (Phi) is 12.6. The van der Waals surface area contributed by atoms with Crippen molar-refractivity contribution in [3.8, 4) is 0 Å². The summed E-state index contributed by atoms with van der Waals surface area (Å²) in [6.45, 7) is 2.39. The molecule has 0 spiro atoms. The predicted molar refractivity (Wildman–Crippen MR) is 148 cm³/mol. The van der Waals surface area contributed by atoms with Crippen LogP contribution >= 0.6 is 0 Å². The van der Waals surface area contributed by atoms with Crippen LogP contribution < -0.4 is 5.32 Å². The molecule has 0 bridgehead atoms. The number of esters is 1. The minimum Gasteiger partial charge on any atom is -0.458 e. The van der Waals surface area contributed by atoms with Crippen LogP contribution in [0.25, 0.3) is 0 Å². The lowest BCUT2D eigenvalue weighted by Crippen LogP contribution is -2.22. The molecular weight excluding hydrogens is 516 g/mol. The second-order valence-electron chi connectivity index (χ2n) is 10.7. The lowest BCUT2D eigenvalue weighted by molar-refractivity contribution is -0.758. The van der Waals surface area contributed by atoms with Crippen LogP contribution in [-0.4, -0.2) is 58.6 Å². The van der Waals surface area contributed by atoms with E-state index in [9.17, 15) is 29.9 Å². The average molecular weight is 559 g/mol. The van der Waals surface area contributed by atoms with Crippen molar-refractivity contribution in [3.63, 3.8) is 0 Å². The van der Waals surface area contributed by atoms with Crippen LogP contribution in [0.1, 0.15) is 57.4 Å². The maximum Gasteiger partial charge on any atom is 0.309 e. The highest BCUT2D eigenvalue weighted by molar-refractivity contribution is 5.76. The Morgan fingerprint density at radius 3 is 2.67 bits per heavy atom. The van der Waals surface area contributed by atoms with E-state index in [1.807, 2.05) is 55.5 Å². The SMILES string of the molecule is CCNC(=O)CCC/C=C\C[C@@H]1[C@@H](/C=C/[C@H](CCc2ccccc2)OC(=O)[C@@H]2C[C@H]2CO[N+](=O)[O-])[C@H](O)C[C@@H]1O. The van der Waals surface area contributed by atoms with Gasteiger partial charge in [0.1, 0.15) is 12.7 Å². The fraction of sp³-hybridized carbons (Fsp3) is 0.600. The zero-order valence-electron chi connectivity index (χ0n) is 23.1. The largest absolute Gasteiger partial charge is 0.458 e.